The number of Topliss-reactive ketones (excluding diaryl/α,β-unsaturated/α-hetero) is 1. The average molecular weight is 332 g/mol. The normalized spacial score (nSPS) is 12.6. The highest BCUT2D eigenvalue weighted by molar-refractivity contribution is 5.98. The molecule has 0 bridgehead atoms. The number of benzene rings is 1. The first-order valence-electron chi connectivity index (χ1n) is 7.40. The van der Waals surface area contributed by atoms with Crippen molar-refractivity contribution >= 4 is 24.0 Å². The van der Waals surface area contributed by atoms with Crippen LogP contribution in [0, 0.1) is 11.8 Å². The second-order valence-corrected chi connectivity index (χ2v) is 5.41. The molecule has 2 unspecified atom stereocenters. The number of ketones is 1. The lowest BCUT2D eigenvalue weighted by atomic mass is 9.93. The Kier molecular flexibility index (Phi) is 7.55. The maximum atomic E-state index is 12.2. The number of carbonyl (C=O) groups excluding carboxylic acids is 4. The Morgan fingerprint density at radius 2 is 1.79 bits per heavy atom. The molecule has 2 atom stereocenters. The van der Waals surface area contributed by atoms with E-state index >= 15 is 0 Å². The summed E-state index contributed by atoms with van der Waals surface area (Å²) in [5.74, 6) is -3.38. The zero-order valence-corrected chi connectivity index (χ0v) is 13.7. The molecule has 0 radical (unpaired) electrons. The molecule has 1 rings (SSSR count). The van der Waals surface area contributed by atoms with Gasteiger partial charge in [-0.05, 0) is 32.4 Å². The molecular weight excluding hydrogens is 312 g/mol. The van der Waals surface area contributed by atoms with Gasteiger partial charge in [0.25, 0.3) is 0 Å². The predicted octanol–water partition coefficient (Wildman–Crippen LogP) is 2.12. The summed E-state index contributed by atoms with van der Waals surface area (Å²) in [7, 11) is 0. The fourth-order valence-electron chi connectivity index (χ4n) is 1.88. The zero-order valence-electron chi connectivity index (χ0n) is 13.7. The molecule has 24 heavy (non-hydrogen) atoms. The largest absolute Gasteiger partial charge is 0.462 e. The maximum absolute atomic E-state index is 12.2. The molecule has 0 spiro atoms. The van der Waals surface area contributed by atoms with Crippen molar-refractivity contribution in [3.63, 3.8) is 0 Å². The van der Waals surface area contributed by atoms with Crippen LogP contribution >= 0.6 is 0 Å². The third-order valence-corrected chi connectivity index (χ3v) is 3.24. The molecule has 0 aliphatic carbocycles. The number of hydrogen-bond donors (Lipinski definition) is 0. The molecule has 0 saturated carbocycles. The van der Waals surface area contributed by atoms with E-state index in [2.05, 4.69) is 6.58 Å². The van der Waals surface area contributed by atoms with Crippen molar-refractivity contribution < 1.29 is 28.7 Å². The molecule has 128 valence electrons. The van der Waals surface area contributed by atoms with Crippen molar-refractivity contribution in [3.05, 3.63) is 42.5 Å². The number of hydrogen-bond acceptors (Lipinski definition) is 6. The van der Waals surface area contributed by atoms with Gasteiger partial charge >= 0.3 is 11.9 Å². The summed E-state index contributed by atoms with van der Waals surface area (Å²) in [4.78, 5) is 46.4. The molecule has 0 N–H and O–H groups in total. The van der Waals surface area contributed by atoms with Crippen molar-refractivity contribution in [3.8, 4) is 5.75 Å². The van der Waals surface area contributed by atoms with E-state index in [1.807, 2.05) is 0 Å². The summed E-state index contributed by atoms with van der Waals surface area (Å²) in [5, 5.41) is 0. The van der Waals surface area contributed by atoms with Crippen molar-refractivity contribution in [2.75, 3.05) is 6.61 Å². The van der Waals surface area contributed by atoms with Crippen molar-refractivity contribution in [2.24, 2.45) is 11.8 Å². The predicted molar refractivity (Wildman–Crippen MR) is 86.2 cm³/mol. The number of ether oxygens (including phenoxy) is 2. The Bertz CT molecular complexity index is 620. The summed E-state index contributed by atoms with van der Waals surface area (Å²) < 4.78 is 10.1. The van der Waals surface area contributed by atoms with Gasteiger partial charge in [-0.15, -0.1) is 0 Å². The van der Waals surface area contributed by atoms with Crippen LogP contribution in [0.2, 0.25) is 0 Å². The van der Waals surface area contributed by atoms with E-state index in [0.29, 0.717) is 12.0 Å². The Morgan fingerprint density at radius 3 is 2.29 bits per heavy atom. The standard InChI is InChI=1S/C18H20O6/c1-12(2)17(21)23-11-14(10-19)9-16(13(3)20)18(22)24-15-7-5-4-6-8-15/h4-8,10,14,16H,1,9,11H2,2-3H3. The smallest absolute Gasteiger partial charge is 0.333 e. The van der Waals surface area contributed by atoms with E-state index in [9.17, 15) is 19.2 Å². The molecule has 0 aliphatic rings. The molecule has 0 amide bonds. The molecule has 0 aromatic heterocycles. The molecule has 6 heteroatoms. The lowest BCUT2D eigenvalue weighted by Crippen LogP contribution is -2.30. The van der Waals surface area contributed by atoms with Gasteiger partial charge in [0.15, 0.2) is 0 Å². The van der Waals surface area contributed by atoms with Gasteiger partial charge in [-0.1, -0.05) is 24.8 Å². The van der Waals surface area contributed by atoms with Crippen molar-refractivity contribution in [2.45, 2.75) is 20.3 Å². The van der Waals surface area contributed by atoms with E-state index in [1.54, 1.807) is 30.3 Å². The minimum atomic E-state index is -1.11. The summed E-state index contributed by atoms with van der Waals surface area (Å²) in [6, 6.07) is 8.31. The number of para-hydroxylation sites is 1. The minimum Gasteiger partial charge on any atom is -0.462 e. The van der Waals surface area contributed by atoms with Gasteiger partial charge in [0.05, 0.1) is 5.92 Å². The molecule has 0 aliphatic heterocycles. The van der Waals surface area contributed by atoms with Gasteiger partial charge in [-0.2, -0.15) is 0 Å². The van der Waals surface area contributed by atoms with Gasteiger partial charge in [0, 0.05) is 5.57 Å². The fraction of sp³-hybridized carbons (Fsp3) is 0.333. The topological polar surface area (TPSA) is 86.7 Å². The molecule has 6 nitrogen and oxygen atoms in total. The maximum Gasteiger partial charge on any atom is 0.333 e. The highest BCUT2D eigenvalue weighted by atomic mass is 16.5. The minimum absolute atomic E-state index is 0.0893. The Labute approximate surface area is 140 Å². The second-order valence-electron chi connectivity index (χ2n) is 5.41. The first-order chi connectivity index (χ1) is 11.3. The molecule has 0 heterocycles. The van der Waals surface area contributed by atoms with Gasteiger partial charge in [-0.25, -0.2) is 4.79 Å². The van der Waals surface area contributed by atoms with Gasteiger partial charge in [-0.3, -0.25) is 9.59 Å². The Balaban J connectivity index is 2.70. The monoisotopic (exact) mass is 332 g/mol. The average Bonchev–Trinajstić information content (AvgIpc) is 2.55. The SMILES string of the molecule is C=C(C)C(=O)OCC(C=O)CC(C(C)=O)C(=O)Oc1ccccc1. The van der Waals surface area contributed by atoms with Crippen LogP contribution in [0.4, 0.5) is 0 Å². The van der Waals surface area contributed by atoms with Crippen molar-refractivity contribution in [1.82, 2.24) is 0 Å². The molecule has 0 fully saturated rings. The summed E-state index contributed by atoms with van der Waals surface area (Å²) in [5.41, 5.74) is 0.200. The van der Waals surface area contributed by atoms with Crippen LogP contribution < -0.4 is 4.74 Å². The first-order valence-corrected chi connectivity index (χ1v) is 7.40. The summed E-state index contributed by atoms with van der Waals surface area (Å²) in [6.07, 6.45) is 0.464. The Morgan fingerprint density at radius 1 is 1.17 bits per heavy atom. The highest BCUT2D eigenvalue weighted by Gasteiger charge is 2.29. The summed E-state index contributed by atoms with van der Waals surface area (Å²) in [6.45, 7) is 5.94. The van der Waals surface area contributed by atoms with Gasteiger partial charge < -0.3 is 14.3 Å². The molecule has 1 aromatic carbocycles. The molecule has 0 saturated heterocycles. The van der Waals surface area contributed by atoms with Crippen LogP contribution in [-0.4, -0.2) is 30.6 Å². The van der Waals surface area contributed by atoms with Crippen LogP contribution in [-0.2, 0) is 23.9 Å². The van der Waals surface area contributed by atoms with Gasteiger partial charge in [0.2, 0.25) is 0 Å². The van der Waals surface area contributed by atoms with E-state index in [0.717, 1.165) is 0 Å². The number of esters is 2. The highest BCUT2D eigenvalue weighted by Crippen LogP contribution is 2.18. The van der Waals surface area contributed by atoms with Crippen LogP contribution in [0.5, 0.6) is 5.75 Å². The molecule has 1 aromatic rings. The van der Waals surface area contributed by atoms with Crippen LogP contribution in [0.1, 0.15) is 20.3 Å². The van der Waals surface area contributed by atoms with Crippen molar-refractivity contribution in [1.29, 1.82) is 0 Å². The summed E-state index contributed by atoms with van der Waals surface area (Å²) >= 11 is 0. The Hall–Kier alpha value is -2.76. The third kappa shape index (κ3) is 6.16. The zero-order chi connectivity index (χ0) is 18.1. The van der Waals surface area contributed by atoms with E-state index in [-0.39, 0.29) is 18.6 Å². The number of rotatable bonds is 9. The lowest BCUT2D eigenvalue weighted by molar-refractivity contribution is -0.144. The quantitative estimate of drug-likeness (QED) is 0.226. The van der Waals surface area contributed by atoms with E-state index in [4.69, 9.17) is 9.47 Å². The fourth-order valence-corrected chi connectivity index (χ4v) is 1.88. The van der Waals surface area contributed by atoms with E-state index < -0.39 is 29.6 Å². The second kappa shape index (κ2) is 9.39. The van der Waals surface area contributed by atoms with E-state index in [1.165, 1.54) is 13.8 Å². The van der Waals surface area contributed by atoms with Crippen LogP contribution in [0.15, 0.2) is 42.5 Å². The lowest BCUT2D eigenvalue weighted by Gasteiger charge is -2.17. The van der Waals surface area contributed by atoms with Gasteiger partial charge in [0.1, 0.15) is 30.3 Å². The van der Waals surface area contributed by atoms with Crippen LogP contribution in [0.3, 0.4) is 0 Å². The number of carbonyl (C=O) groups is 4. The number of aldehydes is 1. The van der Waals surface area contributed by atoms with Crippen LogP contribution in [0.25, 0.3) is 0 Å². The first kappa shape index (κ1) is 19.3. The third-order valence-electron chi connectivity index (χ3n) is 3.24. The molecular formula is C18H20O6.